The molecule has 2 aromatic carbocycles. The monoisotopic (exact) mass is 485 g/mol. The molecule has 4 rings (SSSR count). The lowest BCUT2D eigenvalue weighted by Crippen LogP contribution is -2.18. The molecule has 36 heavy (non-hydrogen) atoms. The van der Waals surface area contributed by atoms with Crippen LogP contribution in [0.5, 0.6) is 5.75 Å². The van der Waals surface area contributed by atoms with E-state index >= 15 is 0 Å². The van der Waals surface area contributed by atoms with E-state index in [9.17, 15) is 10.1 Å². The zero-order chi connectivity index (χ0) is 25.5. The molecule has 0 aliphatic carbocycles. The predicted molar refractivity (Wildman–Crippen MR) is 141 cm³/mol. The Morgan fingerprint density at radius 3 is 2.83 bits per heavy atom. The van der Waals surface area contributed by atoms with Crippen molar-refractivity contribution in [1.82, 2.24) is 9.88 Å². The van der Waals surface area contributed by atoms with Crippen LogP contribution < -0.4 is 15.4 Å². The van der Waals surface area contributed by atoms with Crippen molar-refractivity contribution in [3.05, 3.63) is 71.9 Å². The topological polar surface area (TPSA) is 99.5 Å². The maximum atomic E-state index is 12.7. The zero-order valence-corrected chi connectivity index (χ0v) is 20.8. The lowest BCUT2D eigenvalue weighted by atomic mass is 10.0. The van der Waals surface area contributed by atoms with Crippen LogP contribution in [0.2, 0.25) is 0 Å². The highest BCUT2D eigenvalue weighted by Crippen LogP contribution is 2.37. The molecule has 1 saturated heterocycles. The van der Waals surface area contributed by atoms with Crippen molar-refractivity contribution < 1.29 is 14.3 Å². The van der Waals surface area contributed by atoms with Crippen LogP contribution >= 0.6 is 0 Å². The van der Waals surface area contributed by atoms with Crippen molar-refractivity contribution >= 4 is 28.2 Å². The Balaban J connectivity index is 1.73. The van der Waals surface area contributed by atoms with Gasteiger partial charge < -0.3 is 25.0 Å². The van der Waals surface area contributed by atoms with E-state index in [1.54, 1.807) is 12.3 Å². The van der Waals surface area contributed by atoms with E-state index in [1.807, 2.05) is 68.4 Å². The Bertz CT molecular complexity index is 1280. The highest BCUT2D eigenvalue weighted by molar-refractivity contribution is 6.04. The number of rotatable bonds is 9. The van der Waals surface area contributed by atoms with Crippen molar-refractivity contribution in [2.75, 3.05) is 44.5 Å². The molecule has 0 saturated carbocycles. The normalized spacial score (nSPS) is 16.2. The minimum Gasteiger partial charge on any atom is -0.486 e. The average Bonchev–Trinajstić information content (AvgIpc) is 3.38. The van der Waals surface area contributed by atoms with Gasteiger partial charge in [0.25, 0.3) is 0 Å². The first kappa shape index (κ1) is 25.2. The molecule has 1 aromatic heterocycles. The maximum Gasteiger partial charge on any atom is 0.248 e. The van der Waals surface area contributed by atoms with Crippen molar-refractivity contribution in [3.63, 3.8) is 0 Å². The summed E-state index contributed by atoms with van der Waals surface area (Å²) in [5.74, 6) is 0.256. The number of aromatic nitrogens is 1. The SMILES string of the molecule is CC(Nc1c(C#N)cnc2cc(OC3CCOC3)c(NC(=O)C=CCN(C)C)cc12)c1ccccc1. The Kier molecular flexibility index (Phi) is 8.16. The lowest BCUT2D eigenvalue weighted by Gasteiger charge is -2.20. The maximum absolute atomic E-state index is 12.7. The molecule has 2 heterocycles. The van der Waals surface area contributed by atoms with Crippen LogP contribution in [-0.4, -0.2) is 55.7 Å². The summed E-state index contributed by atoms with van der Waals surface area (Å²) in [6, 6.07) is 15.8. The number of pyridine rings is 1. The summed E-state index contributed by atoms with van der Waals surface area (Å²) in [6.45, 7) is 3.83. The number of benzene rings is 2. The van der Waals surface area contributed by atoms with Gasteiger partial charge in [0.15, 0.2) is 0 Å². The molecule has 1 aliphatic rings. The van der Waals surface area contributed by atoms with E-state index in [0.29, 0.717) is 48.0 Å². The van der Waals surface area contributed by atoms with E-state index < -0.39 is 0 Å². The molecule has 0 bridgehead atoms. The summed E-state index contributed by atoms with van der Waals surface area (Å²) < 4.78 is 11.7. The van der Waals surface area contributed by atoms with Gasteiger partial charge in [0.05, 0.1) is 35.7 Å². The van der Waals surface area contributed by atoms with E-state index in [2.05, 4.69) is 21.7 Å². The summed E-state index contributed by atoms with van der Waals surface area (Å²) >= 11 is 0. The van der Waals surface area contributed by atoms with Gasteiger partial charge in [-0.05, 0) is 32.6 Å². The Labute approximate surface area is 211 Å². The summed E-state index contributed by atoms with van der Waals surface area (Å²) in [7, 11) is 3.87. The quantitative estimate of drug-likeness (QED) is 0.431. The molecule has 2 unspecified atom stereocenters. The average molecular weight is 486 g/mol. The van der Waals surface area contributed by atoms with Gasteiger partial charge in [-0.3, -0.25) is 9.78 Å². The van der Waals surface area contributed by atoms with Crippen molar-refractivity contribution in [3.8, 4) is 11.8 Å². The number of fused-ring (bicyclic) bond motifs is 1. The van der Waals surface area contributed by atoms with Crippen molar-refractivity contribution in [1.29, 1.82) is 5.26 Å². The minimum absolute atomic E-state index is 0.0533. The number of hydrogen-bond donors (Lipinski definition) is 2. The van der Waals surface area contributed by atoms with Crippen LogP contribution in [-0.2, 0) is 9.53 Å². The van der Waals surface area contributed by atoms with Gasteiger partial charge in [-0.2, -0.15) is 5.26 Å². The molecule has 0 spiro atoms. The number of nitrogens with one attached hydrogen (secondary N) is 2. The lowest BCUT2D eigenvalue weighted by molar-refractivity contribution is -0.111. The molecule has 8 nitrogen and oxygen atoms in total. The van der Waals surface area contributed by atoms with Crippen molar-refractivity contribution in [2.45, 2.75) is 25.5 Å². The molecule has 1 aliphatic heterocycles. The van der Waals surface area contributed by atoms with Crippen LogP contribution in [0.3, 0.4) is 0 Å². The first-order chi connectivity index (χ1) is 17.4. The van der Waals surface area contributed by atoms with E-state index in [0.717, 1.165) is 17.4 Å². The molecular weight excluding hydrogens is 454 g/mol. The second-order valence-electron chi connectivity index (χ2n) is 9.06. The highest BCUT2D eigenvalue weighted by Gasteiger charge is 2.21. The summed E-state index contributed by atoms with van der Waals surface area (Å²) in [6.07, 6.45) is 5.54. The van der Waals surface area contributed by atoms with Crippen molar-refractivity contribution in [2.24, 2.45) is 0 Å². The number of hydrogen-bond acceptors (Lipinski definition) is 7. The summed E-state index contributed by atoms with van der Waals surface area (Å²) in [5.41, 5.74) is 3.35. The zero-order valence-electron chi connectivity index (χ0n) is 20.8. The smallest absolute Gasteiger partial charge is 0.248 e. The summed E-state index contributed by atoms with van der Waals surface area (Å²) in [4.78, 5) is 19.2. The molecule has 2 N–H and O–H groups in total. The van der Waals surface area contributed by atoms with Gasteiger partial charge in [-0.1, -0.05) is 36.4 Å². The molecule has 1 fully saturated rings. The fraction of sp³-hybridized carbons (Fsp3) is 0.321. The van der Waals surface area contributed by atoms with Gasteiger partial charge in [0.2, 0.25) is 5.91 Å². The number of carbonyl (C=O) groups is 1. The molecule has 2 atom stereocenters. The first-order valence-electron chi connectivity index (χ1n) is 12.0. The van der Waals surface area contributed by atoms with E-state index in [4.69, 9.17) is 9.47 Å². The van der Waals surface area contributed by atoms with Crippen LogP contribution in [0.15, 0.2) is 60.8 Å². The van der Waals surface area contributed by atoms with E-state index in [-0.39, 0.29) is 18.1 Å². The third-order valence-corrected chi connectivity index (χ3v) is 5.93. The molecule has 1 amide bonds. The highest BCUT2D eigenvalue weighted by atomic mass is 16.5. The largest absolute Gasteiger partial charge is 0.486 e. The number of amides is 1. The predicted octanol–water partition coefficient (Wildman–Crippen LogP) is 4.50. The molecule has 186 valence electrons. The van der Waals surface area contributed by atoms with Crippen LogP contribution in [0.25, 0.3) is 10.9 Å². The molecular formula is C28H31N5O3. The van der Waals surface area contributed by atoms with E-state index in [1.165, 1.54) is 6.08 Å². The van der Waals surface area contributed by atoms with Crippen LogP contribution in [0.4, 0.5) is 11.4 Å². The molecule has 0 radical (unpaired) electrons. The van der Waals surface area contributed by atoms with Gasteiger partial charge in [-0.15, -0.1) is 0 Å². The molecule has 8 heteroatoms. The third kappa shape index (κ3) is 6.19. The minimum atomic E-state index is -0.264. The van der Waals surface area contributed by atoms with Gasteiger partial charge in [0, 0.05) is 42.7 Å². The Hall–Kier alpha value is -3.93. The third-order valence-electron chi connectivity index (χ3n) is 5.93. The molecule has 3 aromatic rings. The van der Waals surface area contributed by atoms with Gasteiger partial charge in [0.1, 0.15) is 17.9 Å². The summed E-state index contributed by atoms with van der Waals surface area (Å²) in [5, 5.41) is 17.0. The number of carbonyl (C=O) groups excluding carboxylic acids is 1. The first-order valence-corrected chi connectivity index (χ1v) is 12.0. The fourth-order valence-electron chi connectivity index (χ4n) is 4.03. The second kappa shape index (κ2) is 11.7. The number of likely N-dealkylation sites (N-methyl/N-ethyl adjacent to an activating group) is 1. The number of anilines is 2. The second-order valence-corrected chi connectivity index (χ2v) is 9.06. The van der Waals surface area contributed by atoms with Gasteiger partial charge in [-0.25, -0.2) is 0 Å². The van der Waals surface area contributed by atoms with Crippen LogP contribution in [0.1, 0.15) is 30.5 Å². The number of ether oxygens (including phenoxy) is 2. The fourth-order valence-corrected chi connectivity index (χ4v) is 4.03. The standard InChI is InChI=1S/C28H31N5O3/c1-19(20-8-5-4-6-9-20)31-28-21(16-29)17-30-24-15-26(36-22-11-13-35-18-22)25(14-23(24)28)32-27(34)10-7-12-33(2)3/h4-10,14-15,17,19,22H,11-13,18H2,1-3H3,(H,30,31)(H,32,34). The van der Waals surface area contributed by atoms with Crippen LogP contribution in [0, 0.1) is 11.3 Å². The van der Waals surface area contributed by atoms with Gasteiger partial charge >= 0.3 is 0 Å². The Morgan fingerprint density at radius 2 is 2.14 bits per heavy atom. The number of nitriles is 1. The number of nitrogens with zero attached hydrogens (tertiary/aromatic N) is 3. The Morgan fingerprint density at radius 1 is 1.33 bits per heavy atom.